The molecule has 0 aromatic heterocycles. The maximum absolute atomic E-state index is 10.8. The van der Waals surface area contributed by atoms with Gasteiger partial charge in [-0.15, -0.1) is 0 Å². The molecule has 2 radical (unpaired) electrons. The molecule has 1 N–H and O–H groups in total. The summed E-state index contributed by atoms with van der Waals surface area (Å²) in [6.07, 6.45) is -0.00999. The minimum Gasteiger partial charge on any atom is -0.382 e. The molecule has 96 valence electrons. The van der Waals surface area contributed by atoms with Gasteiger partial charge >= 0.3 is 0 Å². The Morgan fingerprint density at radius 1 is 1.12 bits per heavy atom. The minimum absolute atomic E-state index is 0.00999. The highest BCUT2D eigenvalue weighted by atomic mass is 16.5. The first-order chi connectivity index (χ1) is 7.74. The Hall–Kier alpha value is -0.545. The number of carbonyl (C=O) groups is 1. The Morgan fingerprint density at radius 2 is 1.50 bits per heavy atom. The van der Waals surface area contributed by atoms with Crippen LogP contribution in [0.15, 0.2) is 0 Å². The molecule has 0 aliphatic carbocycles. The van der Waals surface area contributed by atoms with E-state index in [9.17, 15) is 4.79 Å². The van der Waals surface area contributed by atoms with Crippen molar-refractivity contribution in [2.24, 2.45) is 0 Å². The van der Waals surface area contributed by atoms with E-state index in [4.69, 9.17) is 17.3 Å². The van der Waals surface area contributed by atoms with Crippen molar-refractivity contribution < 1.29 is 14.3 Å². The Bertz CT molecular complexity index is 128. The first-order valence-electron chi connectivity index (χ1n) is 5.71. The highest BCUT2D eigenvalue weighted by Gasteiger charge is 2.09. The van der Waals surface area contributed by atoms with Gasteiger partial charge in [-0.2, -0.15) is 0 Å². The molecule has 0 aromatic carbocycles. The highest BCUT2D eigenvalue weighted by Crippen LogP contribution is 1.87. The lowest BCUT2D eigenvalue weighted by Crippen LogP contribution is -2.40. The molecule has 0 spiro atoms. The number of rotatable bonds is 6. The lowest BCUT2D eigenvalue weighted by atomic mass is 10.0. The molecule has 0 aliphatic rings. The number of nitrogens with one attached hydrogen (secondary N) is 1. The van der Waals surface area contributed by atoms with Gasteiger partial charge in [-0.05, 0) is 6.32 Å². The van der Waals surface area contributed by atoms with Gasteiger partial charge in [-0.3, -0.25) is 4.79 Å². The van der Waals surface area contributed by atoms with E-state index < -0.39 is 0 Å². The number of methoxy groups -OCH3 is 2. The van der Waals surface area contributed by atoms with E-state index in [0.717, 1.165) is 0 Å². The van der Waals surface area contributed by atoms with Gasteiger partial charge in [0.1, 0.15) is 0 Å². The molecule has 0 unspecified atom stereocenters. The van der Waals surface area contributed by atoms with Gasteiger partial charge in [0.2, 0.25) is 5.91 Å². The van der Waals surface area contributed by atoms with Gasteiger partial charge < -0.3 is 14.8 Å². The first-order valence-corrected chi connectivity index (χ1v) is 5.71. The number of hydrogen-bond donors (Lipinski definition) is 1. The molecule has 0 aliphatic heterocycles. The Morgan fingerprint density at radius 3 is 1.75 bits per heavy atom. The van der Waals surface area contributed by atoms with Crippen molar-refractivity contribution in [1.29, 1.82) is 0 Å². The van der Waals surface area contributed by atoms with E-state index >= 15 is 0 Å². The number of amides is 1. The van der Waals surface area contributed by atoms with Gasteiger partial charge in [0.25, 0.3) is 0 Å². The van der Waals surface area contributed by atoms with Crippen molar-refractivity contribution >= 4 is 13.8 Å². The molecular weight excluding hydrogens is 205 g/mol. The van der Waals surface area contributed by atoms with Crippen LogP contribution in [-0.4, -0.2) is 47.2 Å². The fraction of sp³-hybridized carbons (Fsp3) is 0.909. The summed E-state index contributed by atoms with van der Waals surface area (Å²) in [5.41, 5.74) is 0. The maximum atomic E-state index is 10.8. The van der Waals surface area contributed by atoms with Crippen LogP contribution in [0.25, 0.3) is 0 Å². The number of ether oxygens (including phenoxy) is 2. The summed E-state index contributed by atoms with van der Waals surface area (Å²) >= 11 is 0. The zero-order valence-electron chi connectivity index (χ0n) is 11.5. The van der Waals surface area contributed by atoms with Gasteiger partial charge in [0.15, 0.2) is 0 Å². The summed E-state index contributed by atoms with van der Waals surface area (Å²) in [4.78, 5) is 10.8. The molecule has 1 amide bonds. The minimum atomic E-state index is -0.200. The van der Waals surface area contributed by atoms with E-state index in [1.54, 1.807) is 14.2 Å². The third-order valence-corrected chi connectivity index (χ3v) is 1.29. The van der Waals surface area contributed by atoms with Crippen LogP contribution in [0.1, 0.15) is 27.7 Å². The van der Waals surface area contributed by atoms with Crippen LogP contribution < -0.4 is 5.32 Å². The second kappa shape index (κ2) is 19.9. The van der Waals surface area contributed by atoms with Gasteiger partial charge in [-0.25, -0.2) is 0 Å². The van der Waals surface area contributed by atoms with Crippen molar-refractivity contribution in [3.8, 4) is 0 Å². The lowest BCUT2D eigenvalue weighted by molar-refractivity contribution is -0.120. The second-order valence-electron chi connectivity index (χ2n) is 2.38. The maximum Gasteiger partial charge on any atom is 0.211 e. The fourth-order valence-corrected chi connectivity index (χ4v) is 0.820. The predicted molar refractivity (Wildman–Crippen MR) is 68.9 cm³/mol. The van der Waals surface area contributed by atoms with Crippen molar-refractivity contribution in [3.63, 3.8) is 0 Å². The quantitative estimate of drug-likeness (QED) is 0.703. The summed E-state index contributed by atoms with van der Waals surface area (Å²) < 4.78 is 9.73. The molecule has 0 bridgehead atoms. The third-order valence-electron chi connectivity index (χ3n) is 1.29. The second-order valence-corrected chi connectivity index (χ2v) is 2.38. The van der Waals surface area contributed by atoms with Crippen LogP contribution in [0, 0.1) is 0 Å². The summed E-state index contributed by atoms with van der Waals surface area (Å²) in [5, 5.41) is 2.65. The van der Waals surface area contributed by atoms with Crippen molar-refractivity contribution in [3.05, 3.63) is 0 Å². The largest absolute Gasteiger partial charge is 0.382 e. The normalized spacial score (nSPS) is 8.44. The van der Waals surface area contributed by atoms with E-state index in [-0.39, 0.29) is 18.3 Å². The molecule has 0 saturated carbocycles. The van der Waals surface area contributed by atoms with E-state index in [0.29, 0.717) is 13.2 Å². The van der Waals surface area contributed by atoms with E-state index in [1.165, 1.54) is 0 Å². The highest BCUT2D eigenvalue weighted by molar-refractivity contribution is 6.19. The summed E-state index contributed by atoms with van der Waals surface area (Å²) in [6, 6.07) is -0.115. The van der Waals surface area contributed by atoms with Gasteiger partial charge in [0, 0.05) is 14.2 Å². The van der Waals surface area contributed by atoms with E-state index in [2.05, 4.69) is 5.32 Å². The van der Waals surface area contributed by atoms with Crippen LogP contribution in [-0.2, 0) is 14.3 Å². The van der Waals surface area contributed by atoms with Crippen molar-refractivity contribution in [2.45, 2.75) is 40.1 Å². The zero-order valence-corrected chi connectivity index (χ0v) is 11.5. The molecule has 0 rings (SSSR count). The van der Waals surface area contributed by atoms with Crippen LogP contribution in [0.4, 0.5) is 0 Å². The smallest absolute Gasteiger partial charge is 0.211 e. The summed E-state index contributed by atoms with van der Waals surface area (Å²) in [6.45, 7) is 8.86. The molecule has 0 saturated heterocycles. The average Bonchev–Trinajstić information content (AvgIpc) is 2.34. The van der Waals surface area contributed by atoms with Crippen molar-refractivity contribution in [1.82, 2.24) is 5.32 Å². The third kappa shape index (κ3) is 15.9. The van der Waals surface area contributed by atoms with Crippen LogP contribution in [0.3, 0.4) is 0 Å². The SMILES string of the molecule is CC.CC.[B]CC(=O)NC(COC)COC. The molecule has 0 heterocycles. The molecule has 4 nitrogen and oxygen atoms in total. The molecular formula is C11H26BNO3. The monoisotopic (exact) mass is 231 g/mol. The standard InChI is InChI=1S/C7H14BNO3.2C2H6/c1-11-4-6(5-12-2)9-7(10)3-8;2*1-2/h6H,3-5H2,1-2H3,(H,9,10);2*1-2H3. The predicted octanol–water partition coefficient (Wildman–Crippen LogP) is 1.40. The lowest BCUT2D eigenvalue weighted by Gasteiger charge is -2.16. The first kappa shape index (κ1) is 20.8. The summed E-state index contributed by atoms with van der Waals surface area (Å²) in [5.74, 6) is -0.200. The van der Waals surface area contributed by atoms with Gasteiger partial charge in [-0.1, -0.05) is 27.7 Å². The van der Waals surface area contributed by atoms with Crippen LogP contribution in [0.5, 0.6) is 0 Å². The number of hydrogen-bond acceptors (Lipinski definition) is 3. The van der Waals surface area contributed by atoms with E-state index in [1.807, 2.05) is 27.7 Å². The molecule has 0 aromatic rings. The van der Waals surface area contributed by atoms with Crippen molar-refractivity contribution in [2.75, 3.05) is 27.4 Å². The average molecular weight is 231 g/mol. The molecule has 0 atom stereocenters. The molecule has 16 heavy (non-hydrogen) atoms. The fourth-order valence-electron chi connectivity index (χ4n) is 0.820. The molecule has 0 fully saturated rings. The number of carbonyl (C=O) groups excluding carboxylic acids is 1. The van der Waals surface area contributed by atoms with Crippen LogP contribution >= 0.6 is 0 Å². The Balaban J connectivity index is -0.000000376. The Kier molecular flexibility index (Phi) is 25.9. The topological polar surface area (TPSA) is 47.6 Å². The zero-order chi connectivity index (χ0) is 13.4. The Labute approximate surface area is 101 Å². The summed E-state index contributed by atoms with van der Waals surface area (Å²) in [7, 11) is 8.25. The van der Waals surface area contributed by atoms with Crippen LogP contribution in [0.2, 0.25) is 6.32 Å². The molecule has 5 heteroatoms. The van der Waals surface area contributed by atoms with Gasteiger partial charge in [0.05, 0.1) is 27.1 Å².